The Labute approximate surface area is 155 Å². The third kappa shape index (κ3) is 4.80. The molecular weight excluding hydrogens is 334 g/mol. The molecule has 7 heteroatoms. The number of ether oxygens (including phenoxy) is 2. The summed E-state index contributed by atoms with van der Waals surface area (Å²) in [6.45, 7) is 6.89. The number of nitrogens with zero attached hydrogens (tertiary/aromatic N) is 2. The number of carbonyl (C=O) groups is 2. The van der Waals surface area contributed by atoms with Gasteiger partial charge in [0.15, 0.2) is 11.5 Å². The van der Waals surface area contributed by atoms with Gasteiger partial charge in [-0.25, -0.2) is 4.79 Å². The molecule has 1 aliphatic heterocycles. The first kappa shape index (κ1) is 19.9. The molecule has 0 spiro atoms. The van der Waals surface area contributed by atoms with Gasteiger partial charge in [-0.3, -0.25) is 4.79 Å². The van der Waals surface area contributed by atoms with Crippen molar-refractivity contribution in [3.63, 3.8) is 0 Å². The molecule has 0 fully saturated rings. The number of amides is 3. The van der Waals surface area contributed by atoms with Crippen LogP contribution in [0.5, 0.6) is 11.5 Å². The van der Waals surface area contributed by atoms with Crippen LogP contribution in [-0.4, -0.2) is 61.6 Å². The lowest BCUT2D eigenvalue weighted by molar-refractivity contribution is -0.132. The lowest BCUT2D eigenvalue weighted by Crippen LogP contribution is -2.50. The summed E-state index contributed by atoms with van der Waals surface area (Å²) in [5.74, 6) is 1.28. The Morgan fingerprint density at radius 2 is 1.73 bits per heavy atom. The zero-order chi connectivity index (χ0) is 19.5. The van der Waals surface area contributed by atoms with E-state index in [1.807, 2.05) is 32.9 Å². The minimum Gasteiger partial charge on any atom is -0.493 e. The number of carbonyl (C=O) groups excluding carboxylic acids is 2. The van der Waals surface area contributed by atoms with Gasteiger partial charge in [0.25, 0.3) is 0 Å². The number of rotatable bonds is 4. The molecule has 26 heavy (non-hydrogen) atoms. The summed E-state index contributed by atoms with van der Waals surface area (Å²) >= 11 is 0. The van der Waals surface area contributed by atoms with E-state index in [1.165, 1.54) is 4.90 Å². The first-order chi connectivity index (χ1) is 12.1. The molecule has 1 aromatic rings. The fraction of sp³-hybridized carbons (Fsp3) is 0.579. The highest BCUT2D eigenvalue weighted by molar-refractivity contribution is 5.84. The van der Waals surface area contributed by atoms with Crippen molar-refractivity contribution in [2.75, 3.05) is 34.4 Å². The molecule has 0 saturated heterocycles. The fourth-order valence-corrected chi connectivity index (χ4v) is 2.89. The largest absolute Gasteiger partial charge is 0.493 e. The van der Waals surface area contributed by atoms with Gasteiger partial charge in [-0.05, 0) is 50.5 Å². The van der Waals surface area contributed by atoms with Crippen LogP contribution in [0.3, 0.4) is 0 Å². The molecule has 0 saturated carbocycles. The van der Waals surface area contributed by atoms with Gasteiger partial charge in [0.2, 0.25) is 5.91 Å². The molecule has 3 amide bonds. The predicted molar refractivity (Wildman–Crippen MR) is 99.6 cm³/mol. The van der Waals surface area contributed by atoms with E-state index in [0.29, 0.717) is 24.6 Å². The Morgan fingerprint density at radius 1 is 1.15 bits per heavy atom. The second-order valence-electron chi connectivity index (χ2n) is 7.58. The van der Waals surface area contributed by atoms with Crippen molar-refractivity contribution in [1.29, 1.82) is 0 Å². The number of hydrogen-bond acceptors (Lipinski definition) is 4. The Balaban J connectivity index is 2.03. The van der Waals surface area contributed by atoms with Crippen molar-refractivity contribution in [3.05, 3.63) is 23.3 Å². The summed E-state index contributed by atoms with van der Waals surface area (Å²) < 4.78 is 10.7. The number of likely N-dealkylation sites (N-methyl/N-ethyl adjacent to an activating group) is 1. The van der Waals surface area contributed by atoms with E-state index < -0.39 is 0 Å². The van der Waals surface area contributed by atoms with Crippen molar-refractivity contribution < 1.29 is 19.1 Å². The molecule has 7 nitrogen and oxygen atoms in total. The van der Waals surface area contributed by atoms with Crippen LogP contribution in [0.1, 0.15) is 31.9 Å². The van der Waals surface area contributed by atoms with Crippen LogP contribution in [0.2, 0.25) is 0 Å². The highest BCUT2D eigenvalue weighted by atomic mass is 16.5. The summed E-state index contributed by atoms with van der Waals surface area (Å²) in [7, 11) is 4.84. The number of benzene rings is 1. The van der Waals surface area contributed by atoms with Gasteiger partial charge in [0.05, 0.1) is 14.2 Å². The maximum absolute atomic E-state index is 12.6. The fourth-order valence-electron chi connectivity index (χ4n) is 2.89. The number of methoxy groups -OCH3 is 2. The molecule has 144 valence electrons. The standard InChI is InChI=1S/C19H29N3O4/c1-19(2,3)20-18(24)21(4)12-17(23)22-8-7-13-9-15(25-5)16(26-6)10-14(13)11-22/h9-10H,7-8,11-12H2,1-6H3,(H,20,24). The van der Waals surface area contributed by atoms with E-state index in [0.717, 1.165) is 17.5 Å². The van der Waals surface area contributed by atoms with Crippen molar-refractivity contribution in [1.82, 2.24) is 15.1 Å². The topological polar surface area (TPSA) is 71.1 Å². The molecule has 1 aliphatic rings. The average Bonchev–Trinajstić information content (AvgIpc) is 2.58. The highest BCUT2D eigenvalue weighted by Crippen LogP contribution is 2.33. The normalized spacial score (nSPS) is 13.7. The Bertz CT molecular complexity index is 682. The summed E-state index contributed by atoms with van der Waals surface area (Å²) in [5, 5.41) is 2.86. The zero-order valence-corrected chi connectivity index (χ0v) is 16.5. The van der Waals surface area contributed by atoms with Crippen molar-refractivity contribution in [2.24, 2.45) is 0 Å². The Hall–Kier alpha value is -2.44. The lowest BCUT2D eigenvalue weighted by atomic mass is 9.98. The van der Waals surface area contributed by atoms with Gasteiger partial charge in [-0.15, -0.1) is 0 Å². The molecule has 2 rings (SSSR count). The van der Waals surface area contributed by atoms with Crippen LogP contribution >= 0.6 is 0 Å². The van der Waals surface area contributed by atoms with Crippen LogP contribution in [-0.2, 0) is 17.8 Å². The highest BCUT2D eigenvalue weighted by Gasteiger charge is 2.25. The Kier molecular flexibility index (Phi) is 6.00. The van der Waals surface area contributed by atoms with E-state index in [-0.39, 0.29) is 24.0 Å². The smallest absolute Gasteiger partial charge is 0.318 e. The van der Waals surface area contributed by atoms with E-state index in [4.69, 9.17) is 9.47 Å². The summed E-state index contributed by atoms with van der Waals surface area (Å²) in [6.07, 6.45) is 0.749. The SMILES string of the molecule is COc1cc2c(cc1OC)CN(C(=O)CN(C)C(=O)NC(C)(C)C)CC2. The van der Waals surface area contributed by atoms with Gasteiger partial charge in [-0.1, -0.05) is 0 Å². The van der Waals surface area contributed by atoms with Crippen LogP contribution < -0.4 is 14.8 Å². The van der Waals surface area contributed by atoms with Crippen molar-refractivity contribution >= 4 is 11.9 Å². The number of fused-ring (bicyclic) bond motifs is 1. The first-order valence-corrected chi connectivity index (χ1v) is 8.69. The number of nitrogens with one attached hydrogen (secondary N) is 1. The van der Waals surface area contributed by atoms with Gasteiger partial charge in [0, 0.05) is 25.7 Å². The molecular formula is C19H29N3O4. The molecule has 0 radical (unpaired) electrons. The molecule has 1 heterocycles. The number of urea groups is 1. The molecule has 0 bridgehead atoms. The van der Waals surface area contributed by atoms with Gasteiger partial charge in [0.1, 0.15) is 6.54 Å². The third-order valence-electron chi connectivity index (χ3n) is 4.27. The second kappa shape index (κ2) is 7.85. The predicted octanol–water partition coefficient (Wildman–Crippen LogP) is 2.03. The molecule has 0 aromatic heterocycles. The van der Waals surface area contributed by atoms with Crippen LogP contribution in [0.15, 0.2) is 12.1 Å². The van der Waals surface area contributed by atoms with Crippen molar-refractivity contribution in [2.45, 2.75) is 39.3 Å². The summed E-state index contributed by atoms with van der Waals surface area (Å²) in [5.41, 5.74) is 1.86. The maximum atomic E-state index is 12.6. The van der Waals surface area contributed by atoms with Gasteiger partial charge < -0.3 is 24.6 Å². The molecule has 0 aliphatic carbocycles. The molecule has 0 unspecified atom stereocenters. The summed E-state index contributed by atoms with van der Waals surface area (Å²) in [6, 6.07) is 3.64. The quantitative estimate of drug-likeness (QED) is 0.889. The second-order valence-corrected chi connectivity index (χ2v) is 7.58. The third-order valence-corrected chi connectivity index (χ3v) is 4.27. The minimum absolute atomic E-state index is 0.0462. The first-order valence-electron chi connectivity index (χ1n) is 8.69. The monoisotopic (exact) mass is 363 g/mol. The van der Waals surface area contributed by atoms with E-state index in [2.05, 4.69) is 5.32 Å². The molecule has 0 atom stereocenters. The van der Waals surface area contributed by atoms with Crippen LogP contribution in [0.25, 0.3) is 0 Å². The lowest BCUT2D eigenvalue weighted by Gasteiger charge is -2.31. The zero-order valence-electron chi connectivity index (χ0n) is 16.5. The minimum atomic E-state index is -0.339. The van der Waals surface area contributed by atoms with E-state index in [9.17, 15) is 9.59 Å². The number of hydrogen-bond donors (Lipinski definition) is 1. The average molecular weight is 363 g/mol. The van der Waals surface area contributed by atoms with Crippen molar-refractivity contribution in [3.8, 4) is 11.5 Å². The van der Waals surface area contributed by atoms with Gasteiger partial charge in [-0.2, -0.15) is 0 Å². The van der Waals surface area contributed by atoms with Crippen LogP contribution in [0, 0.1) is 0 Å². The van der Waals surface area contributed by atoms with Crippen LogP contribution in [0.4, 0.5) is 4.79 Å². The maximum Gasteiger partial charge on any atom is 0.318 e. The van der Waals surface area contributed by atoms with E-state index in [1.54, 1.807) is 26.2 Å². The molecule has 1 N–H and O–H groups in total. The van der Waals surface area contributed by atoms with E-state index >= 15 is 0 Å². The Morgan fingerprint density at radius 3 is 2.27 bits per heavy atom. The van der Waals surface area contributed by atoms with Gasteiger partial charge >= 0.3 is 6.03 Å². The summed E-state index contributed by atoms with van der Waals surface area (Å²) in [4.78, 5) is 27.9. The molecule has 1 aromatic carbocycles.